The van der Waals surface area contributed by atoms with E-state index in [-0.39, 0.29) is 17.4 Å². The highest BCUT2D eigenvalue weighted by Crippen LogP contribution is 2.39. The number of H-pyrrole nitrogens is 1. The first kappa shape index (κ1) is 29.7. The second kappa shape index (κ2) is 14.4. The summed E-state index contributed by atoms with van der Waals surface area (Å²) in [5.41, 5.74) is 4.08. The molecule has 1 aromatic heterocycles. The molecule has 7 heteroatoms. The molecule has 3 aliphatic rings. The Bertz CT molecular complexity index is 1140. The average molecular weight is 563 g/mol. The second-order valence-corrected chi connectivity index (χ2v) is 12.5. The normalized spacial score (nSPS) is 19.9. The van der Waals surface area contributed by atoms with Gasteiger partial charge in [0.2, 0.25) is 0 Å². The van der Waals surface area contributed by atoms with Crippen LogP contribution in [0.15, 0.2) is 30.3 Å². The first-order valence-corrected chi connectivity index (χ1v) is 16.3. The van der Waals surface area contributed by atoms with E-state index in [1.54, 1.807) is 7.11 Å². The lowest BCUT2D eigenvalue weighted by Crippen LogP contribution is -2.47. The molecule has 224 valence electrons. The molecule has 1 saturated heterocycles. The Morgan fingerprint density at radius 1 is 1.00 bits per heavy atom. The van der Waals surface area contributed by atoms with Gasteiger partial charge in [0, 0.05) is 49.4 Å². The van der Waals surface area contributed by atoms with Gasteiger partial charge >= 0.3 is 0 Å². The number of carbonyl (C=O) groups excluding carboxylic acids is 2. The molecule has 5 rings (SSSR count). The third kappa shape index (κ3) is 7.54. The quantitative estimate of drug-likeness (QED) is 0.328. The smallest absolute Gasteiger partial charge is 0.267 e. The molecule has 1 spiro atoms. The van der Waals surface area contributed by atoms with Crippen molar-refractivity contribution >= 4 is 11.8 Å². The minimum absolute atomic E-state index is 0.0266. The Morgan fingerprint density at radius 2 is 1.73 bits per heavy atom. The van der Waals surface area contributed by atoms with E-state index in [4.69, 9.17) is 4.74 Å². The van der Waals surface area contributed by atoms with Crippen molar-refractivity contribution in [2.45, 2.75) is 102 Å². The van der Waals surface area contributed by atoms with E-state index in [0.29, 0.717) is 18.0 Å². The fourth-order valence-corrected chi connectivity index (χ4v) is 7.29. The number of amides is 2. The van der Waals surface area contributed by atoms with Gasteiger partial charge in [-0.3, -0.25) is 9.59 Å². The van der Waals surface area contributed by atoms with Crippen molar-refractivity contribution in [1.82, 2.24) is 20.5 Å². The first-order valence-electron chi connectivity index (χ1n) is 16.3. The SMILES string of the molecule is COc1cccc(C(=O)N2CCC(CCCCNC(=O)c3cc4c([nH]3)CCNC43CCCCCCCCC3)CC2)c1. The third-order valence-corrected chi connectivity index (χ3v) is 9.75. The number of nitrogens with one attached hydrogen (secondary N) is 3. The largest absolute Gasteiger partial charge is 0.497 e. The summed E-state index contributed by atoms with van der Waals surface area (Å²) < 4.78 is 5.27. The predicted molar refractivity (Wildman–Crippen MR) is 164 cm³/mol. The monoisotopic (exact) mass is 562 g/mol. The van der Waals surface area contributed by atoms with Crippen LogP contribution in [0.5, 0.6) is 5.75 Å². The zero-order valence-corrected chi connectivity index (χ0v) is 25.1. The van der Waals surface area contributed by atoms with Crippen LogP contribution in [0.25, 0.3) is 0 Å². The highest BCUT2D eigenvalue weighted by molar-refractivity contribution is 5.94. The van der Waals surface area contributed by atoms with Gasteiger partial charge in [-0.05, 0) is 67.9 Å². The van der Waals surface area contributed by atoms with Crippen LogP contribution in [0.1, 0.15) is 122 Å². The molecule has 2 fully saturated rings. The topological polar surface area (TPSA) is 86.5 Å². The Kier molecular flexibility index (Phi) is 10.4. The highest BCUT2D eigenvalue weighted by Gasteiger charge is 2.37. The lowest BCUT2D eigenvalue weighted by Gasteiger charge is -2.39. The molecule has 1 saturated carbocycles. The van der Waals surface area contributed by atoms with Gasteiger partial charge in [-0.25, -0.2) is 0 Å². The molecule has 7 nitrogen and oxygen atoms in total. The number of carbonyl (C=O) groups is 2. The van der Waals surface area contributed by atoms with Crippen LogP contribution in [-0.4, -0.2) is 55.0 Å². The minimum atomic E-state index is 0.0266. The van der Waals surface area contributed by atoms with Crippen LogP contribution in [0, 0.1) is 5.92 Å². The third-order valence-electron chi connectivity index (χ3n) is 9.75. The number of hydrogen-bond donors (Lipinski definition) is 3. The zero-order chi connectivity index (χ0) is 28.5. The van der Waals surface area contributed by atoms with Crippen molar-refractivity contribution in [3.8, 4) is 5.75 Å². The van der Waals surface area contributed by atoms with E-state index in [2.05, 4.69) is 21.7 Å². The van der Waals surface area contributed by atoms with Crippen LogP contribution < -0.4 is 15.4 Å². The number of piperidine rings is 1. The van der Waals surface area contributed by atoms with Gasteiger partial charge in [0.1, 0.15) is 11.4 Å². The first-order chi connectivity index (χ1) is 20.1. The molecule has 3 N–H and O–H groups in total. The number of aromatic nitrogens is 1. The lowest BCUT2D eigenvalue weighted by atomic mass is 9.77. The van der Waals surface area contributed by atoms with Gasteiger partial charge in [-0.2, -0.15) is 0 Å². The van der Waals surface area contributed by atoms with Gasteiger partial charge in [0.15, 0.2) is 0 Å². The lowest BCUT2D eigenvalue weighted by molar-refractivity contribution is 0.0685. The Labute approximate surface area is 246 Å². The van der Waals surface area contributed by atoms with Crippen LogP contribution in [0.4, 0.5) is 0 Å². The second-order valence-electron chi connectivity index (χ2n) is 12.5. The fourth-order valence-electron chi connectivity index (χ4n) is 7.29. The molecule has 2 amide bonds. The summed E-state index contributed by atoms with van der Waals surface area (Å²) in [7, 11) is 1.63. The summed E-state index contributed by atoms with van der Waals surface area (Å²) in [6.45, 7) is 3.32. The van der Waals surface area contributed by atoms with E-state index < -0.39 is 0 Å². The highest BCUT2D eigenvalue weighted by atomic mass is 16.5. The van der Waals surface area contributed by atoms with Crippen LogP contribution in [0.2, 0.25) is 0 Å². The van der Waals surface area contributed by atoms with Gasteiger partial charge < -0.3 is 25.3 Å². The maximum absolute atomic E-state index is 13.1. The average Bonchev–Trinajstić information content (AvgIpc) is 3.46. The molecule has 0 unspecified atom stereocenters. The standard InChI is InChI=1S/C34H50N4O3/c1-41-28-14-11-13-27(24-28)33(40)38-22-16-26(17-23-38)12-7-10-20-35-32(39)31-25-29-30(37-31)15-21-36-34(29)18-8-5-3-2-4-6-9-19-34/h11,13-14,24-26,36-37H,2-10,12,15-23H2,1H3,(H,35,39). The van der Waals surface area contributed by atoms with E-state index in [0.717, 1.165) is 69.6 Å². The van der Waals surface area contributed by atoms with Crippen LogP contribution in [-0.2, 0) is 12.0 Å². The number of nitrogens with zero attached hydrogens (tertiary/aromatic N) is 1. The van der Waals surface area contributed by atoms with Crippen molar-refractivity contribution in [2.75, 3.05) is 33.3 Å². The molecular weight excluding hydrogens is 512 g/mol. The number of hydrogen-bond acceptors (Lipinski definition) is 4. The number of ether oxygens (including phenoxy) is 1. The summed E-state index contributed by atoms with van der Waals surface area (Å²) in [6.07, 6.45) is 17.9. The molecule has 41 heavy (non-hydrogen) atoms. The zero-order valence-electron chi connectivity index (χ0n) is 25.1. The van der Waals surface area contributed by atoms with Gasteiger partial charge in [0.25, 0.3) is 11.8 Å². The van der Waals surface area contributed by atoms with Crippen molar-refractivity contribution in [3.05, 3.63) is 52.8 Å². The summed E-state index contributed by atoms with van der Waals surface area (Å²) in [5.74, 6) is 1.49. The van der Waals surface area contributed by atoms with E-state index >= 15 is 0 Å². The number of rotatable bonds is 8. The van der Waals surface area contributed by atoms with Crippen LogP contribution in [0.3, 0.4) is 0 Å². The molecule has 0 radical (unpaired) electrons. The molecule has 2 aromatic rings. The number of fused-ring (bicyclic) bond motifs is 2. The molecular formula is C34H50N4O3. The van der Waals surface area contributed by atoms with Crippen molar-refractivity contribution in [3.63, 3.8) is 0 Å². The molecule has 0 atom stereocenters. The Morgan fingerprint density at radius 3 is 2.46 bits per heavy atom. The molecule has 2 aliphatic heterocycles. The Balaban J connectivity index is 1.04. The van der Waals surface area contributed by atoms with Gasteiger partial charge in [0.05, 0.1) is 7.11 Å². The molecule has 1 aromatic carbocycles. The molecule has 0 bridgehead atoms. The number of methoxy groups -OCH3 is 1. The van der Waals surface area contributed by atoms with Crippen molar-refractivity contribution in [2.24, 2.45) is 5.92 Å². The van der Waals surface area contributed by atoms with Gasteiger partial charge in [-0.1, -0.05) is 63.9 Å². The van der Waals surface area contributed by atoms with E-state index in [9.17, 15) is 9.59 Å². The van der Waals surface area contributed by atoms with Gasteiger partial charge in [-0.15, -0.1) is 0 Å². The number of likely N-dealkylation sites (tertiary alicyclic amines) is 1. The number of unbranched alkanes of at least 4 members (excludes halogenated alkanes) is 1. The van der Waals surface area contributed by atoms with Crippen molar-refractivity contribution < 1.29 is 14.3 Å². The summed E-state index contributed by atoms with van der Waals surface area (Å²) in [4.78, 5) is 31.4. The number of benzene rings is 1. The fraction of sp³-hybridized carbons (Fsp3) is 0.647. The van der Waals surface area contributed by atoms with E-state index in [1.807, 2.05) is 29.2 Å². The molecule has 3 heterocycles. The summed E-state index contributed by atoms with van der Waals surface area (Å²) >= 11 is 0. The predicted octanol–water partition coefficient (Wildman–Crippen LogP) is 6.34. The Hall–Kier alpha value is -2.80. The maximum atomic E-state index is 13.1. The van der Waals surface area contributed by atoms with E-state index in [1.165, 1.54) is 69.0 Å². The van der Waals surface area contributed by atoms with Crippen LogP contribution >= 0.6 is 0 Å². The number of aromatic amines is 1. The maximum Gasteiger partial charge on any atom is 0.267 e. The summed E-state index contributed by atoms with van der Waals surface area (Å²) in [6, 6.07) is 9.58. The summed E-state index contributed by atoms with van der Waals surface area (Å²) in [5, 5.41) is 7.07. The van der Waals surface area contributed by atoms with Crippen molar-refractivity contribution in [1.29, 1.82) is 0 Å². The minimum Gasteiger partial charge on any atom is -0.497 e. The molecule has 1 aliphatic carbocycles.